The first-order chi connectivity index (χ1) is 15.6. The van der Waals surface area contributed by atoms with E-state index in [1.165, 1.54) is 0 Å². The molecule has 0 atom stereocenters. The number of hydrogen-bond donors (Lipinski definition) is 3. The van der Waals surface area contributed by atoms with E-state index in [4.69, 9.17) is 18.9 Å². The van der Waals surface area contributed by atoms with Gasteiger partial charge in [0.15, 0.2) is 23.0 Å². The molecule has 0 saturated carbocycles. The number of carbonyl (C=O) groups is 2. The molecule has 3 aromatic rings. The second kappa shape index (κ2) is 9.51. The van der Waals surface area contributed by atoms with Gasteiger partial charge in [-0.2, -0.15) is 0 Å². The highest BCUT2D eigenvalue weighted by atomic mass is 16.6. The second-order valence-electron chi connectivity index (χ2n) is 7.24. The van der Waals surface area contributed by atoms with Gasteiger partial charge in [0.2, 0.25) is 5.91 Å². The maximum absolute atomic E-state index is 12.5. The summed E-state index contributed by atoms with van der Waals surface area (Å²) < 4.78 is 21.6. The molecular formula is C23H25N3O6. The fraction of sp³-hybridized carbons (Fsp3) is 0.304. The molecule has 4 rings (SSSR count). The molecule has 0 aliphatic carbocycles. The Balaban J connectivity index is 1.26. The van der Waals surface area contributed by atoms with Crippen molar-refractivity contribution in [2.45, 2.75) is 12.8 Å². The molecule has 1 aliphatic heterocycles. The van der Waals surface area contributed by atoms with Crippen molar-refractivity contribution in [1.82, 2.24) is 10.3 Å². The summed E-state index contributed by atoms with van der Waals surface area (Å²) in [6, 6.07) is 10.6. The minimum Gasteiger partial charge on any atom is -0.493 e. The van der Waals surface area contributed by atoms with Gasteiger partial charge in [-0.1, -0.05) is 0 Å². The van der Waals surface area contributed by atoms with E-state index in [0.29, 0.717) is 60.6 Å². The fourth-order valence-corrected chi connectivity index (χ4v) is 3.47. The van der Waals surface area contributed by atoms with Crippen molar-refractivity contribution in [2.24, 2.45) is 0 Å². The van der Waals surface area contributed by atoms with Gasteiger partial charge in [-0.05, 0) is 30.7 Å². The van der Waals surface area contributed by atoms with Gasteiger partial charge in [0, 0.05) is 41.7 Å². The maximum Gasteiger partial charge on any atom is 0.267 e. The van der Waals surface area contributed by atoms with Crippen LogP contribution in [0.3, 0.4) is 0 Å². The zero-order valence-electron chi connectivity index (χ0n) is 17.9. The van der Waals surface area contributed by atoms with E-state index in [-0.39, 0.29) is 18.2 Å². The number of fused-ring (bicyclic) bond motifs is 2. The van der Waals surface area contributed by atoms with Crippen LogP contribution in [0.4, 0.5) is 5.69 Å². The molecule has 1 aromatic heterocycles. The van der Waals surface area contributed by atoms with Gasteiger partial charge in [-0.25, -0.2) is 0 Å². The molecule has 0 bridgehead atoms. The molecule has 0 spiro atoms. The van der Waals surface area contributed by atoms with Crippen molar-refractivity contribution in [1.29, 1.82) is 0 Å². The van der Waals surface area contributed by atoms with Crippen LogP contribution in [-0.4, -0.2) is 50.8 Å². The molecule has 1 aliphatic rings. The summed E-state index contributed by atoms with van der Waals surface area (Å²) in [5, 5.41) is 6.50. The molecule has 2 aromatic carbocycles. The van der Waals surface area contributed by atoms with Crippen LogP contribution in [0, 0.1) is 0 Å². The highest BCUT2D eigenvalue weighted by Crippen LogP contribution is 2.33. The number of benzene rings is 2. The van der Waals surface area contributed by atoms with Gasteiger partial charge in [-0.15, -0.1) is 0 Å². The molecule has 32 heavy (non-hydrogen) atoms. The van der Waals surface area contributed by atoms with Crippen LogP contribution in [0.1, 0.15) is 23.3 Å². The fourth-order valence-electron chi connectivity index (χ4n) is 3.47. The van der Waals surface area contributed by atoms with Gasteiger partial charge in [0.1, 0.15) is 18.9 Å². The molecule has 9 nitrogen and oxygen atoms in total. The van der Waals surface area contributed by atoms with Crippen LogP contribution in [0.25, 0.3) is 10.9 Å². The van der Waals surface area contributed by atoms with Gasteiger partial charge in [0.25, 0.3) is 5.91 Å². The monoisotopic (exact) mass is 439 g/mol. The van der Waals surface area contributed by atoms with Gasteiger partial charge in [-0.3, -0.25) is 9.59 Å². The van der Waals surface area contributed by atoms with Gasteiger partial charge < -0.3 is 34.6 Å². The molecule has 2 heterocycles. The molecule has 168 valence electrons. The average Bonchev–Trinajstić information content (AvgIpc) is 3.23. The first kappa shape index (κ1) is 21.4. The molecule has 9 heteroatoms. The summed E-state index contributed by atoms with van der Waals surface area (Å²) in [6.07, 6.45) is 0.778. The Kier molecular flexibility index (Phi) is 6.34. The topological polar surface area (TPSA) is 111 Å². The number of anilines is 1. The number of carbonyl (C=O) groups excluding carboxylic acids is 2. The number of ether oxygens (including phenoxy) is 4. The third-order valence-corrected chi connectivity index (χ3v) is 5.06. The molecule has 0 saturated heterocycles. The number of rotatable bonds is 8. The van der Waals surface area contributed by atoms with Crippen molar-refractivity contribution in [3.8, 4) is 23.0 Å². The standard InChI is InChI=1S/C23H25N3O6/c1-29-19-11-14-10-17(26-16(14)13-20(19)30-2)23(28)24-7-3-4-22(27)25-15-5-6-18-21(12-15)32-9-8-31-18/h5-6,10-13,26H,3-4,7-9H2,1-2H3,(H,24,28)(H,25,27). The normalized spacial score (nSPS) is 12.3. The van der Waals surface area contributed by atoms with Crippen LogP contribution in [0.15, 0.2) is 36.4 Å². The van der Waals surface area contributed by atoms with Gasteiger partial charge >= 0.3 is 0 Å². The molecule has 2 amide bonds. The molecule has 0 radical (unpaired) electrons. The Morgan fingerprint density at radius 1 is 1.00 bits per heavy atom. The highest BCUT2D eigenvalue weighted by Gasteiger charge is 2.14. The summed E-state index contributed by atoms with van der Waals surface area (Å²) in [4.78, 5) is 27.8. The van der Waals surface area contributed by atoms with Crippen LogP contribution in [-0.2, 0) is 4.79 Å². The summed E-state index contributed by atoms with van der Waals surface area (Å²) in [5.41, 5.74) is 1.84. The molecular weight excluding hydrogens is 414 g/mol. The van der Waals surface area contributed by atoms with Crippen molar-refractivity contribution in [3.63, 3.8) is 0 Å². The lowest BCUT2D eigenvalue weighted by atomic mass is 10.2. The van der Waals surface area contributed by atoms with Crippen molar-refractivity contribution in [2.75, 3.05) is 39.3 Å². The van der Waals surface area contributed by atoms with E-state index in [0.717, 1.165) is 10.9 Å². The van der Waals surface area contributed by atoms with Crippen LogP contribution < -0.4 is 29.6 Å². The predicted molar refractivity (Wildman–Crippen MR) is 119 cm³/mol. The largest absolute Gasteiger partial charge is 0.493 e. The zero-order chi connectivity index (χ0) is 22.5. The van der Waals surface area contributed by atoms with Crippen LogP contribution in [0.2, 0.25) is 0 Å². The quantitative estimate of drug-likeness (QED) is 0.465. The van der Waals surface area contributed by atoms with E-state index in [1.807, 2.05) is 6.07 Å². The number of hydrogen-bond acceptors (Lipinski definition) is 6. The van der Waals surface area contributed by atoms with Crippen molar-refractivity contribution >= 4 is 28.4 Å². The minimum atomic E-state index is -0.244. The van der Waals surface area contributed by atoms with Crippen LogP contribution in [0.5, 0.6) is 23.0 Å². The number of H-pyrrole nitrogens is 1. The lowest BCUT2D eigenvalue weighted by Gasteiger charge is -2.19. The number of amides is 2. The first-order valence-corrected chi connectivity index (χ1v) is 10.3. The number of aromatic nitrogens is 1. The molecule has 0 unspecified atom stereocenters. The Bertz CT molecular complexity index is 1100. The summed E-state index contributed by atoms with van der Waals surface area (Å²) in [6.45, 7) is 1.38. The smallest absolute Gasteiger partial charge is 0.267 e. The van der Waals surface area contributed by atoms with Crippen molar-refractivity contribution < 1.29 is 28.5 Å². The molecule has 0 fully saturated rings. The lowest BCUT2D eigenvalue weighted by molar-refractivity contribution is -0.116. The maximum atomic E-state index is 12.5. The third-order valence-electron chi connectivity index (χ3n) is 5.06. The average molecular weight is 439 g/mol. The number of nitrogens with one attached hydrogen (secondary N) is 3. The van der Waals surface area contributed by atoms with Crippen molar-refractivity contribution in [3.05, 3.63) is 42.1 Å². The highest BCUT2D eigenvalue weighted by molar-refractivity contribution is 5.98. The third kappa shape index (κ3) is 4.72. The zero-order valence-corrected chi connectivity index (χ0v) is 17.9. The Morgan fingerprint density at radius 2 is 1.75 bits per heavy atom. The van der Waals surface area contributed by atoms with E-state index in [1.54, 1.807) is 44.6 Å². The number of methoxy groups -OCH3 is 2. The summed E-state index contributed by atoms with van der Waals surface area (Å²) >= 11 is 0. The lowest BCUT2D eigenvalue weighted by Crippen LogP contribution is -2.25. The predicted octanol–water partition coefficient (Wildman–Crippen LogP) is 3.11. The summed E-state index contributed by atoms with van der Waals surface area (Å²) in [5.74, 6) is 2.08. The van der Waals surface area contributed by atoms with Gasteiger partial charge in [0.05, 0.1) is 14.2 Å². The minimum absolute atomic E-state index is 0.138. The van der Waals surface area contributed by atoms with Crippen LogP contribution >= 0.6 is 0 Å². The van der Waals surface area contributed by atoms with E-state index in [9.17, 15) is 9.59 Å². The van der Waals surface area contributed by atoms with E-state index >= 15 is 0 Å². The van der Waals surface area contributed by atoms with E-state index in [2.05, 4.69) is 15.6 Å². The SMILES string of the molecule is COc1cc2cc(C(=O)NCCCC(=O)Nc3ccc4c(c3)OCCO4)[nH]c2cc1OC. The first-order valence-electron chi connectivity index (χ1n) is 10.3. The second-order valence-corrected chi connectivity index (χ2v) is 7.24. The Morgan fingerprint density at radius 3 is 2.53 bits per heavy atom. The van der Waals surface area contributed by atoms with E-state index < -0.39 is 0 Å². The Hall–Kier alpha value is -3.88. The summed E-state index contributed by atoms with van der Waals surface area (Å²) in [7, 11) is 3.12. The molecule has 3 N–H and O–H groups in total. The number of aromatic amines is 1. The Labute approximate surface area is 185 Å².